The van der Waals surface area contributed by atoms with E-state index in [9.17, 15) is 0 Å². The van der Waals surface area contributed by atoms with Crippen molar-refractivity contribution in [1.29, 1.82) is 0 Å². The molecule has 2 heterocycles. The average Bonchev–Trinajstić information content (AvgIpc) is 3.67. The van der Waals surface area contributed by atoms with Gasteiger partial charge in [0.25, 0.3) is 0 Å². The van der Waals surface area contributed by atoms with Gasteiger partial charge >= 0.3 is 0 Å². The van der Waals surface area contributed by atoms with Gasteiger partial charge in [-0.15, -0.1) is 0 Å². The summed E-state index contributed by atoms with van der Waals surface area (Å²) in [6.07, 6.45) is 6.33. The molecule has 0 saturated heterocycles. The van der Waals surface area contributed by atoms with E-state index in [2.05, 4.69) is 158 Å². The molecule has 2 unspecified atom stereocenters. The van der Waals surface area contributed by atoms with E-state index in [4.69, 9.17) is 8.83 Å². The van der Waals surface area contributed by atoms with Crippen LogP contribution in [0, 0.1) is 5.92 Å². The van der Waals surface area contributed by atoms with Crippen molar-refractivity contribution >= 4 is 88.3 Å². The number of hydrogen-bond donors (Lipinski definition) is 0. The maximum absolute atomic E-state index is 6.39. The van der Waals surface area contributed by atoms with Crippen LogP contribution >= 0.6 is 0 Å². The van der Waals surface area contributed by atoms with E-state index in [0.29, 0.717) is 5.92 Å². The molecule has 55 heavy (non-hydrogen) atoms. The maximum Gasteiger partial charge on any atom is 0.178 e. The smallest absolute Gasteiger partial charge is 0.178 e. The Labute approximate surface area is 315 Å². The maximum atomic E-state index is 6.39. The van der Waals surface area contributed by atoms with E-state index in [1.54, 1.807) is 0 Å². The minimum atomic E-state index is 0.0619. The van der Waals surface area contributed by atoms with Crippen molar-refractivity contribution in [1.82, 2.24) is 0 Å². The van der Waals surface area contributed by atoms with Crippen LogP contribution in [0.5, 0.6) is 0 Å². The van der Waals surface area contributed by atoms with Gasteiger partial charge in [-0.1, -0.05) is 140 Å². The molecule has 256 valence electrons. The summed E-state index contributed by atoms with van der Waals surface area (Å²) in [7, 11) is 0. The minimum Gasteiger partial charge on any atom is -0.452 e. The molecule has 0 aliphatic heterocycles. The number of fused-ring (bicyclic) bond motifs is 15. The van der Waals surface area contributed by atoms with Crippen LogP contribution in [0.15, 0.2) is 173 Å². The number of rotatable bonds is 3. The second-order valence-electron chi connectivity index (χ2n) is 15.7. The van der Waals surface area contributed by atoms with Crippen LogP contribution in [0.4, 0.5) is 0 Å². The van der Waals surface area contributed by atoms with E-state index >= 15 is 0 Å². The van der Waals surface area contributed by atoms with E-state index in [1.165, 1.54) is 65.0 Å². The predicted molar refractivity (Wildman–Crippen MR) is 229 cm³/mol. The first kappa shape index (κ1) is 29.5. The molecular formula is C53H32O2. The summed E-state index contributed by atoms with van der Waals surface area (Å²) < 4.78 is 12.7. The second kappa shape index (κ2) is 10.6. The first-order valence-electron chi connectivity index (χ1n) is 19.2. The highest BCUT2D eigenvalue weighted by atomic mass is 16.4. The van der Waals surface area contributed by atoms with Gasteiger partial charge in [0.2, 0.25) is 0 Å². The third-order valence-corrected chi connectivity index (χ3v) is 12.8. The summed E-state index contributed by atoms with van der Waals surface area (Å²) in [4.78, 5) is 0. The molecule has 2 heteroatoms. The largest absolute Gasteiger partial charge is 0.452 e. The fraction of sp³-hybridized carbons (Fsp3) is 0.0566. The Morgan fingerprint density at radius 3 is 1.69 bits per heavy atom. The van der Waals surface area contributed by atoms with Crippen molar-refractivity contribution in [2.75, 3.05) is 0 Å². The van der Waals surface area contributed by atoms with Crippen LogP contribution in [-0.4, -0.2) is 0 Å². The van der Waals surface area contributed by atoms with E-state index in [-0.39, 0.29) is 5.41 Å². The lowest BCUT2D eigenvalue weighted by Gasteiger charge is -2.19. The number of benzene rings is 9. The molecule has 13 rings (SSSR count). The number of furan rings is 2. The molecule has 0 amide bonds. The Kier molecular flexibility index (Phi) is 5.70. The summed E-state index contributed by atoms with van der Waals surface area (Å²) in [6.45, 7) is 0. The molecule has 2 aliphatic rings. The summed E-state index contributed by atoms with van der Waals surface area (Å²) in [5.41, 5.74) is 9.62. The van der Waals surface area contributed by atoms with Crippen LogP contribution in [-0.2, 0) is 5.41 Å². The van der Waals surface area contributed by atoms with E-state index in [1.807, 2.05) is 18.2 Å². The van der Waals surface area contributed by atoms with E-state index < -0.39 is 0 Å². The lowest BCUT2D eigenvalue weighted by Crippen LogP contribution is -2.32. The number of hydrogen-bond acceptors (Lipinski definition) is 2. The van der Waals surface area contributed by atoms with Crippen molar-refractivity contribution in [2.24, 2.45) is 5.92 Å². The molecule has 11 aromatic rings. The van der Waals surface area contributed by atoms with Crippen LogP contribution in [0.25, 0.3) is 111 Å². The quantitative estimate of drug-likeness (QED) is 0.172. The Morgan fingerprint density at radius 1 is 0.400 bits per heavy atom. The Balaban J connectivity index is 0.833. The van der Waals surface area contributed by atoms with Crippen LogP contribution in [0.2, 0.25) is 0 Å². The van der Waals surface area contributed by atoms with E-state index in [0.717, 1.165) is 55.9 Å². The fourth-order valence-electron chi connectivity index (χ4n) is 9.85. The van der Waals surface area contributed by atoms with Crippen LogP contribution in [0.3, 0.4) is 0 Å². The minimum absolute atomic E-state index is 0.0619. The molecule has 0 N–H and O–H groups in total. The molecule has 1 saturated carbocycles. The van der Waals surface area contributed by atoms with Crippen molar-refractivity contribution in [3.8, 4) is 22.3 Å². The van der Waals surface area contributed by atoms with Gasteiger partial charge < -0.3 is 8.83 Å². The van der Waals surface area contributed by atoms with Gasteiger partial charge in [0.15, 0.2) is 11.2 Å². The van der Waals surface area contributed by atoms with Crippen molar-refractivity contribution < 1.29 is 8.83 Å². The molecular weight excluding hydrogens is 669 g/mol. The van der Waals surface area contributed by atoms with Gasteiger partial charge in [-0.2, -0.15) is 0 Å². The summed E-state index contributed by atoms with van der Waals surface area (Å²) >= 11 is 0. The summed E-state index contributed by atoms with van der Waals surface area (Å²) in [5, 5.41) is 15.1. The Morgan fingerprint density at radius 2 is 0.945 bits per heavy atom. The molecule has 2 aromatic heterocycles. The zero-order valence-corrected chi connectivity index (χ0v) is 29.8. The van der Waals surface area contributed by atoms with Gasteiger partial charge in [-0.25, -0.2) is 0 Å². The van der Waals surface area contributed by atoms with Crippen LogP contribution < -0.4 is 10.4 Å². The summed E-state index contributed by atoms with van der Waals surface area (Å²) in [6, 6.07) is 59.8. The molecule has 0 radical (unpaired) electrons. The van der Waals surface area contributed by atoms with Crippen molar-refractivity contribution in [3.63, 3.8) is 0 Å². The topological polar surface area (TPSA) is 26.3 Å². The third-order valence-electron chi connectivity index (χ3n) is 12.8. The fourth-order valence-corrected chi connectivity index (χ4v) is 9.85. The monoisotopic (exact) mass is 700 g/mol. The Hall–Kier alpha value is -6.90. The van der Waals surface area contributed by atoms with Crippen molar-refractivity contribution in [2.45, 2.75) is 11.8 Å². The highest BCUT2D eigenvalue weighted by Crippen LogP contribution is 2.58. The summed E-state index contributed by atoms with van der Waals surface area (Å²) in [5.74, 6) is 0.528. The molecule has 1 fully saturated rings. The van der Waals surface area contributed by atoms with Gasteiger partial charge in [-0.05, 0) is 119 Å². The molecule has 2 aliphatic carbocycles. The SMILES string of the molecule is C1=c2c(c3ccccc3c3ccccc23)=CC2(c3ccc4cc(-c5ccc(-c6ccc7oc8c(ccc9c%10ccccc%10oc98)c7c6)cc5)ccc4c3)CC12. The zero-order chi connectivity index (χ0) is 35.8. The zero-order valence-electron chi connectivity index (χ0n) is 29.8. The standard InChI is InChI=1S/C53H32O2/c1-3-9-41-39(7-1)40-8-2-4-10-42(40)48-30-53(29-38(53)28-46(41)48)37-21-19-34-25-33(17-18-35(34)26-37)31-13-15-32(16-14-31)36-20-24-50-47(27-36)45-23-22-44-43-11-5-6-12-49(43)54-51(44)52(45)55-50/h1-28,30,38H,29H2. The Bertz CT molecular complexity index is 3580. The predicted octanol–water partition coefficient (Wildman–Crippen LogP) is 12.8. The van der Waals surface area contributed by atoms with Gasteiger partial charge in [0.05, 0.1) is 0 Å². The highest BCUT2D eigenvalue weighted by Gasteiger charge is 2.53. The van der Waals surface area contributed by atoms with Crippen LogP contribution in [0.1, 0.15) is 12.0 Å². The average molecular weight is 701 g/mol. The normalized spacial score (nSPS) is 17.6. The molecule has 2 nitrogen and oxygen atoms in total. The first-order chi connectivity index (χ1) is 27.2. The lowest BCUT2D eigenvalue weighted by atomic mass is 9.85. The van der Waals surface area contributed by atoms with Gasteiger partial charge in [0, 0.05) is 27.0 Å². The third kappa shape index (κ3) is 4.14. The lowest BCUT2D eigenvalue weighted by molar-refractivity contribution is 0.633. The second-order valence-corrected chi connectivity index (χ2v) is 15.7. The first-order valence-corrected chi connectivity index (χ1v) is 19.2. The molecule has 0 bridgehead atoms. The molecule has 9 aromatic carbocycles. The van der Waals surface area contributed by atoms with Crippen molar-refractivity contribution in [3.05, 3.63) is 180 Å². The molecule has 0 spiro atoms. The highest BCUT2D eigenvalue weighted by molar-refractivity contribution is 6.19. The molecule has 2 atom stereocenters. The van der Waals surface area contributed by atoms with Gasteiger partial charge in [0.1, 0.15) is 11.2 Å². The van der Waals surface area contributed by atoms with Gasteiger partial charge in [-0.3, -0.25) is 0 Å². The number of para-hydroxylation sites is 1.